The van der Waals surface area contributed by atoms with E-state index in [0.717, 1.165) is 19.3 Å². The summed E-state index contributed by atoms with van der Waals surface area (Å²) in [5.41, 5.74) is 4.49. The molecule has 4 atom stereocenters. The van der Waals surface area contributed by atoms with Crippen molar-refractivity contribution in [2.24, 2.45) is 23.0 Å². The number of carbonyl (C=O) groups is 6. The second kappa shape index (κ2) is 14.1. The molecule has 1 saturated carbocycles. The van der Waals surface area contributed by atoms with E-state index in [0.29, 0.717) is 13.0 Å². The van der Waals surface area contributed by atoms with Gasteiger partial charge < -0.3 is 31.5 Å². The monoisotopic (exact) mass is 560 g/mol. The van der Waals surface area contributed by atoms with Crippen molar-refractivity contribution in [1.29, 1.82) is 0 Å². The lowest BCUT2D eigenvalue weighted by Gasteiger charge is -2.36. The molecule has 6 amide bonds. The van der Waals surface area contributed by atoms with Crippen molar-refractivity contribution in [3.63, 3.8) is 0 Å². The topological polar surface area (TPSA) is 171 Å². The van der Waals surface area contributed by atoms with E-state index < -0.39 is 53.1 Å². The van der Waals surface area contributed by atoms with E-state index in [1.165, 1.54) is 9.80 Å². The molecule has 1 aliphatic heterocycles. The van der Waals surface area contributed by atoms with Gasteiger partial charge in [0.1, 0.15) is 12.1 Å². The van der Waals surface area contributed by atoms with Gasteiger partial charge in [0.15, 0.2) is 0 Å². The first-order chi connectivity index (χ1) is 18.7. The summed E-state index contributed by atoms with van der Waals surface area (Å²) < 4.78 is 0. The zero-order valence-corrected chi connectivity index (χ0v) is 24.0. The average molecular weight is 561 g/mol. The number of likely N-dealkylation sites (N-methyl/N-ethyl adjacent to an activating group) is 1. The van der Waals surface area contributed by atoms with Gasteiger partial charge in [-0.1, -0.05) is 52.2 Å². The van der Waals surface area contributed by atoms with E-state index in [1.54, 1.807) is 40.0 Å². The van der Waals surface area contributed by atoms with Crippen LogP contribution in [0, 0.1) is 17.3 Å². The fraction of sp³-hybridized carbons (Fsp3) is 0.643. The number of hydrogen-bond donors (Lipinski definition) is 4. The van der Waals surface area contributed by atoms with Crippen LogP contribution in [0.4, 0.5) is 4.79 Å². The largest absolute Gasteiger partial charge is 0.363 e. The number of nitrogens with two attached hydrogens (primary N) is 1. The fourth-order valence-corrected chi connectivity index (χ4v) is 4.85. The Labute approximate surface area is 236 Å². The molecule has 2 rings (SSSR count). The van der Waals surface area contributed by atoms with Crippen molar-refractivity contribution in [1.82, 2.24) is 25.8 Å². The van der Waals surface area contributed by atoms with Gasteiger partial charge in [-0.3, -0.25) is 24.0 Å². The Morgan fingerprint density at radius 1 is 1.10 bits per heavy atom. The van der Waals surface area contributed by atoms with Gasteiger partial charge in [-0.05, 0) is 30.1 Å². The van der Waals surface area contributed by atoms with Crippen LogP contribution in [0.3, 0.4) is 0 Å². The van der Waals surface area contributed by atoms with Crippen LogP contribution in [0.2, 0.25) is 0 Å². The first-order valence-electron chi connectivity index (χ1n) is 13.7. The summed E-state index contributed by atoms with van der Waals surface area (Å²) in [4.78, 5) is 79.1. The van der Waals surface area contributed by atoms with Crippen molar-refractivity contribution >= 4 is 35.4 Å². The lowest BCUT2D eigenvalue weighted by molar-refractivity contribution is -0.143. The van der Waals surface area contributed by atoms with Gasteiger partial charge in [-0.15, -0.1) is 13.2 Å². The summed E-state index contributed by atoms with van der Waals surface area (Å²) in [6.45, 7) is 12.9. The number of nitrogens with zero attached hydrogens (tertiary/aromatic N) is 2. The third-order valence-corrected chi connectivity index (χ3v) is 7.54. The van der Waals surface area contributed by atoms with Crippen LogP contribution in [0.5, 0.6) is 0 Å². The van der Waals surface area contributed by atoms with E-state index in [2.05, 4.69) is 29.1 Å². The molecular formula is C28H44N6O6. The maximum atomic E-state index is 13.8. The van der Waals surface area contributed by atoms with Crippen molar-refractivity contribution in [3.8, 4) is 0 Å². The van der Waals surface area contributed by atoms with Crippen LogP contribution in [-0.4, -0.2) is 90.1 Å². The minimum Gasteiger partial charge on any atom is -0.363 e. The van der Waals surface area contributed by atoms with Gasteiger partial charge >= 0.3 is 6.03 Å². The second-order valence-electron chi connectivity index (χ2n) is 11.7. The number of carbonyl (C=O) groups excluding carboxylic acids is 6. The van der Waals surface area contributed by atoms with Crippen LogP contribution < -0.4 is 21.7 Å². The Balaban J connectivity index is 2.19. The molecule has 12 heteroatoms. The molecule has 2 fully saturated rings. The van der Waals surface area contributed by atoms with Crippen LogP contribution in [0.1, 0.15) is 52.9 Å². The predicted octanol–water partition coefficient (Wildman–Crippen LogP) is 0.477. The smallest absolute Gasteiger partial charge is 0.315 e. The number of nitrogens with one attached hydrogen (secondary N) is 3. The normalized spacial score (nSPS) is 20.4. The molecule has 0 spiro atoms. The third kappa shape index (κ3) is 8.65. The average Bonchev–Trinajstić information content (AvgIpc) is 3.30. The summed E-state index contributed by atoms with van der Waals surface area (Å²) in [5, 5.41) is 7.82. The molecule has 1 saturated heterocycles. The van der Waals surface area contributed by atoms with Crippen LogP contribution in [0.25, 0.3) is 0 Å². The van der Waals surface area contributed by atoms with Gasteiger partial charge in [0.25, 0.3) is 5.91 Å². The number of likely N-dealkylation sites (tertiary alicyclic amines) is 1. The number of Topliss-reactive ketones (excluding diaryl/α,β-unsaturated/α-hetero) is 1. The third-order valence-electron chi connectivity index (χ3n) is 7.54. The van der Waals surface area contributed by atoms with Gasteiger partial charge in [-0.2, -0.15) is 0 Å². The van der Waals surface area contributed by atoms with Crippen molar-refractivity contribution in [2.45, 2.75) is 71.0 Å². The molecule has 0 aromatic heterocycles. The number of amides is 6. The van der Waals surface area contributed by atoms with Gasteiger partial charge in [0, 0.05) is 20.1 Å². The minimum absolute atomic E-state index is 0.191. The predicted molar refractivity (Wildman–Crippen MR) is 150 cm³/mol. The second-order valence-corrected chi connectivity index (χ2v) is 11.7. The summed E-state index contributed by atoms with van der Waals surface area (Å²) in [7, 11) is 1.58. The number of urea groups is 1. The summed E-state index contributed by atoms with van der Waals surface area (Å²) >= 11 is 0. The number of ketones is 1. The highest BCUT2D eigenvalue weighted by Crippen LogP contribution is 2.32. The molecule has 1 unspecified atom stereocenters. The number of primary amides is 1. The lowest BCUT2D eigenvalue weighted by Crippen LogP contribution is -2.60. The molecule has 1 aliphatic carbocycles. The zero-order valence-electron chi connectivity index (χ0n) is 24.0. The molecular weight excluding hydrogens is 516 g/mol. The Morgan fingerprint density at radius 2 is 1.75 bits per heavy atom. The van der Waals surface area contributed by atoms with Gasteiger partial charge in [0.2, 0.25) is 23.5 Å². The van der Waals surface area contributed by atoms with E-state index in [4.69, 9.17) is 5.73 Å². The molecule has 0 bridgehead atoms. The number of hydrogen-bond acceptors (Lipinski definition) is 6. The van der Waals surface area contributed by atoms with Gasteiger partial charge in [-0.25, -0.2) is 4.79 Å². The van der Waals surface area contributed by atoms with E-state index in [9.17, 15) is 28.8 Å². The Hall–Kier alpha value is -3.70. The standard InChI is InChI=1S/C28H44N6O6/c1-7-12-33(6)21(35)15-30-27(40)32-23(28(3,4)5)26(39)34-16-17(8-2)14-20(34)25(38)31-19(22(36)24(29)37)13-18-10-9-11-18/h7-8,17-20,23H,1-2,9-16H2,3-6H3,(H2,29,37)(H,31,38)(H2,30,32,40)/t17-,19?,20+,23-/m1/s1. The van der Waals surface area contributed by atoms with Crippen molar-refractivity contribution in [2.75, 3.05) is 26.7 Å². The highest BCUT2D eigenvalue weighted by molar-refractivity contribution is 6.37. The molecule has 222 valence electrons. The quantitative estimate of drug-likeness (QED) is 0.188. The lowest BCUT2D eigenvalue weighted by atomic mass is 9.80. The van der Waals surface area contributed by atoms with Crippen molar-refractivity contribution in [3.05, 3.63) is 25.3 Å². The zero-order chi connectivity index (χ0) is 30.2. The molecule has 0 aromatic rings. The summed E-state index contributed by atoms with van der Waals surface area (Å²) in [6.07, 6.45) is 6.64. The Kier molecular flexibility index (Phi) is 11.4. The van der Waals surface area contributed by atoms with Gasteiger partial charge in [0.05, 0.1) is 12.6 Å². The maximum absolute atomic E-state index is 13.8. The van der Waals surface area contributed by atoms with E-state index in [-0.39, 0.29) is 37.3 Å². The molecule has 5 N–H and O–H groups in total. The Morgan fingerprint density at radius 3 is 2.25 bits per heavy atom. The Bertz CT molecular complexity index is 1020. The highest BCUT2D eigenvalue weighted by Gasteiger charge is 2.45. The van der Waals surface area contributed by atoms with Crippen LogP contribution in [-0.2, 0) is 24.0 Å². The summed E-state index contributed by atoms with van der Waals surface area (Å²) in [5.74, 6) is -3.35. The fourth-order valence-electron chi connectivity index (χ4n) is 4.85. The molecule has 40 heavy (non-hydrogen) atoms. The van der Waals surface area contributed by atoms with Crippen LogP contribution in [0.15, 0.2) is 25.3 Å². The van der Waals surface area contributed by atoms with E-state index in [1.807, 2.05) is 0 Å². The molecule has 12 nitrogen and oxygen atoms in total. The SMILES string of the molecule is C=CCN(C)C(=O)CNC(=O)N[C@H](C(=O)N1C[C@H](C=C)C[C@H]1C(=O)NC(CC1CCC1)C(=O)C(N)=O)C(C)(C)C. The first-order valence-corrected chi connectivity index (χ1v) is 13.7. The summed E-state index contributed by atoms with van der Waals surface area (Å²) in [6, 6.07) is -3.75. The minimum atomic E-state index is -1.12. The van der Waals surface area contributed by atoms with Crippen LogP contribution >= 0.6 is 0 Å². The first kappa shape index (κ1) is 32.5. The molecule has 2 aliphatic rings. The molecule has 0 aromatic carbocycles. The number of rotatable bonds is 13. The maximum Gasteiger partial charge on any atom is 0.315 e. The van der Waals surface area contributed by atoms with Crippen molar-refractivity contribution < 1.29 is 28.8 Å². The van der Waals surface area contributed by atoms with E-state index >= 15 is 0 Å². The molecule has 0 radical (unpaired) electrons. The highest BCUT2D eigenvalue weighted by atomic mass is 16.2. The molecule has 1 heterocycles.